The number of aliphatic hydroxyl groups excluding tert-OH is 1. The van der Waals surface area contributed by atoms with Crippen molar-refractivity contribution in [2.75, 3.05) is 12.3 Å². The Hall–Kier alpha value is -2.00. The molecular formula is C11H16N5O5P. The Morgan fingerprint density at radius 2 is 2.23 bits per heavy atom. The van der Waals surface area contributed by atoms with Crippen LogP contribution in [0, 0.1) is 5.92 Å². The Morgan fingerprint density at radius 1 is 1.50 bits per heavy atom. The molecule has 6 N–H and O–H groups in total. The van der Waals surface area contributed by atoms with E-state index in [1.54, 1.807) is 4.57 Å². The predicted octanol–water partition coefficient (Wildman–Crippen LogP) is -0.608. The summed E-state index contributed by atoms with van der Waals surface area (Å²) < 4.78 is 12.4. The van der Waals surface area contributed by atoms with Crippen LogP contribution in [0.1, 0.15) is 6.42 Å². The smallest absolute Gasteiger partial charge is 0.348 e. The van der Waals surface area contributed by atoms with Gasteiger partial charge in [0.05, 0.1) is 6.33 Å². The second kappa shape index (κ2) is 6.41. The zero-order chi connectivity index (χ0) is 16.3. The van der Waals surface area contributed by atoms with Gasteiger partial charge in [-0.25, -0.2) is 4.98 Å². The van der Waals surface area contributed by atoms with Crippen molar-refractivity contribution in [2.45, 2.75) is 13.0 Å². The third-order valence-corrected chi connectivity index (χ3v) is 3.58. The summed E-state index contributed by atoms with van der Waals surface area (Å²) in [6.07, 6.45) is 3.08. The molecule has 0 aliphatic rings. The summed E-state index contributed by atoms with van der Waals surface area (Å²) in [6.45, 7) is 0.0857. The summed E-state index contributed by atoms with van der Waals surface area (Å²) >= 11 is 0. The van der Waals surface area contributed by atoms with Crippen LogP contribution in [0.5, 0.6) is 0 Å². The molecule has 0 aromatic carbocycles. The maximum Gasteiger partial charge on any atom is 0.348 e. The first-order valence-electron chi connectivity index (χ1n) is 6.36. The van der Waals surface area contributed by atoms with Crippen LogP contribution in [-0.2, 0) is 11.1 Å². The molecule has 0 spiro atoms. The van der Waals surface area contributed by atoms with E-state index in [9.17, 15) is 14.5 Å². The Balaban J connectivity index is 2.16. The van der Waals surface area contributed by atoms with Gasteiger partial charge in [-0.3, -0.25) is 14.3 Å². The number of nitrogens with two attached hydrogens (primary N) is 1. The molecule has 2 aromatic heterocycles. The van der Waals surface area contributed by atoms with E-state index in [1.165, 1.54) is 12.4 Å². The lowest BCUT2D eigenvalue weighted by Crippen LogP contribution is -2.13. The van der Waals surface area contributed by atoms with Crippen molar-refractivity contribution in [3.8, 4) is 0 Å². The molecule has 2 aromatic rings. The molecule has 1 unspecified atom stereocenters. The second-order valence-corrected chi connectivity index (χ2v) is 6.20. The molecule has 0 aliphatic carbocycles. The molecule has 0 radical (unpaired) electrons. The number of fused-ring (bicyclic) bond motifs is 1. The van der Waals surface area contributed by atoms with E-state index in [-0.39, 0.29) is 18.1 Å². The van der Waals surface area contributed by atoms with Crippen molar-refractivity contribution in [1.29, 1.82) is 0 Å². The Labute approximate surface area is 124 Å². The fraction of sp³-hybridized carbons (Fsp3) is 0.364. The van der Waals surface area contributed by atoms with Crippen molar-refractivity contribution in [1.82, 2.24) is 19.5 Å². The molecule has 0 bridgehead atoms. The van der Waals surface area contributed by atoms with Crippen molar-refractivity contribution >= 4 is 24.7 Å². The van der Waals surface area contributed by atoms with Gasteiger partial charge in [0.1, 0.15) is 0 Å². The summed E-state index contributed by atoms with van der Waals surface area (Å²) in [5, 5.41) is 9.23. The summed E-state index contributed by atoms with van der Waals surface area (Å²) in [5.74, 6) is 0.296. The highest BCUT2D eigenvalue weighted by molar-refractivity contribution is 7.55. The average molecular weight is 329 g/mol. The minimum atomic E-state index is -4.25. The molecule has 1 atom stereocenters. The minimum Gasteiger partial charge on any atom is -0.396 e. The molecule has 10 nitrogen and oxygen atoms in total. The van der Waals surface area contributed by atoms with Gasteiger partial charge in [-0.2, -0.15) is 4.98 Å². The number of aryl methyl sites for hydroxylation is 1. The van der Waals surface area contributed by atoms with Crippen molar-refractivity contribution in [2.24, 2.45) is 5.92 Å². The number of nitrogens with zero attached hydrogens (tertiary/aromatic N) is 3. The number of nitrogens with one attached hydrogen (secondary N) is 1. The normalized spacial score (nSPS) is 14.0. The molecule has 2 rings (SSSR count). The summed E-state index contributed by atoms with van der Waals surface area (Å²) in [5.41, 5.74) is 5.51. The van der Waals surface area contributed by atoms with Gasteiger partial charge >= 0.3 is 7.60 Å². The van der Waals surface area contributed by atoms with E-state index in [0.29, 0.717) is 18.6 Å². The number of hydrogen-bond acceptors (Lipinski definition) is 6. The van der Waals surface area contributed by atoms with Gasteiger partial charge in [0.2, 0.25) is 5.95 Å². The van der Waals surface area contributed by atoms with Gasteiger partial charge in [0, 0.05) is 24.9 Å². The molecule has 0 aliphatic heterocycles. The first kappa shape index (κ1) is 16.4. The minimum absolute atomic E-state index is 0.0284. The van der Waals surface area contributed by atoms with Crippen molar-refractivity contribution in [3.05, 3.63) is 28.6 Å². The Morgan fingerprint density at radius 3 is 2.86 bits per heavy atom. The lowest BCUT2D eigenvalue weighted by molar-refractivity contribution is 0.242. The first-order chi connectivity index (χ1) is 10.3. The topological polar surface area (TPSA) is 167 Å². The highest BCUT2D eigenvalue weighted by atomic mass is 31.2. The van der Waals surface area contributed by atoms with Gasteiger partial charge in [-0.1, -0.05) is 6.08 Å². The molecule has 11 heteroatoms. The molecule has 0 fully saturated rings. The van der Waals surface area contributed by atoms with Gasteiger partial charge in [0.25, 0.3) is 5.56 Å². The fourth-order valence-corrected chi connectivity index (χ4v) is 2.39. The van der Waals surface area contributed by atoms with Gasteiger partial charge in [-0.15, -0.1) is 0 Å². The van der Waals surface area contributed by atoms with E-state index in [0.717, 1.165) is 5.82 Å². The van der Waals surface area contributed by atoms with Crippen molar-refractivity contribution < 1.29 is 19.5 Å². The van der Waals surface area contributed by atoms with Crippen LogP contribution in [0.25, 0.3) is 11.2 Å². The second-order valence-electron chi connectivity index (χ2n) is 4.72. The van der Waals surface area contributed by atoms with Crippen LogP contribution < -0.4 is 11.3 Å². The van der Waals surface area contributed by atoms with E-state index in [2.05, 4.69) is 15.0 Å². The number of rotatable bonds is 6. The van der Waals surface area contributed by atoms with Gasteiger partial charge in [0.15, 0.2) is 11.2 Å². The number of nitrogen functional groups attached to an aromatic ring is 1. The number of aromatic nitrogens is 4. The molecule has 2 heterocycles. The highest BCUT2D eigenvalue weighted by Gasteiger charge is 2.12. The fourth-order valence-electron chi connectivity index (χ4n) is 1.92. The zero-order valence-corrected chi connectivity index (χ0v) is 12.3. The van der Waals surface area contributed by atoms with Crippen LogP contribution in [0.2, 0.25) is 0 Å². The molecule has 0 saturated carbocycles. The van der Waals surface area contributed by atoms with E-state index < -0.39 is 19.1 Å². The third kappa shape index (κ3) is 4.01. The quantitative estimate of drug-likeness (QED) is 0.437. The number of imidazole rings is 1. The highest BCUT2D eigenvalue weighted by Crippen LogP contribution is 2.36. The molecule has 22 heavy (non-hydrogen) atoms. The summed E-state index contributed by atoms with van der Waals surface area (Å²) in [4.78, 5) is 39.5. The Bertz CT molecular complexity index is 792. The number of aromatic amines is 1. The van der Waals surface area contributed by atoms with Crippen LogP contribution in [0.4, 0.5) is 5.95 Å². The lowest BCUT2D eigenvalue weighted by Gasteiger charge is -2.10. The predicted molar refractivity (Wildman–Crippen MR) is 78.9 cm³/mol. The molecule has 0 saturated heterocycles. The monoisotopic (exact) mass is 329 g/mol. The Kier molecular flexibility index (Phi) is 4.77. The zero-order valence-electron chi connectivity index (χ0n) is 11.5. The number of anilines is 1. The summed E-state index contributed by atoms with van der Waals surface area (Å²) in [6, 6.07) is 0. The summed E-state index contributed by atoms with van der Waals surface area (Å²) in [7, 11) is -4.25. The van der Waals surface area contributed by atoms with Crippen LogP contribution in [-0.4, -0.2) is 41.0 Å². The van der Waals surface area contributed by atoms with E-state index >= 15 is 0 Å². The van der Waals surface area contributed by atoms with Crippen LogP contribution in [0.3, 0.4) is 0 Å². The number of H-pyrrole nitrogens is 1. The van der Waals surface area contributed by atoms with Crippen LogP contribution in [0.15, 0.2) is 23.0 Å². The van der Waals surface area contributed by atoms with Gasteiger partial charge < -0.3 is 25.2 Å². The maximum absolute atomic E-state index is 11.6. The number of hydrogen-bond donors (Lipinski definition) is 5. The largest absolute Gasteiger partial charge is 0.396 e. The standard InChI is InChI=1S/C11H16N5O5P/c12-11-14-9-8(10(18)15-11)13-6-16(9)3-1-7(5-17)2-4-22(19,20)21/h2,4,6-7,17H,1,3,5H2,(H2,19,20,21)(H3,12,14,15,18)/b4-2+. The number of aliphatic hydroxyl groups is 1. The molecule has 0 amide bonds. The van der Waals surface area contributed by atoms with E-state index in [1.807, 2.05) is 0 Å². The average Bonchev–Trinajstić information content (AvgIpc) is 2.81. The SMILES string of the molecule is Nc1nc2c(ncn2CCC(/C=C/P(=O)(O)O)CO)c(=O)[nH]1. The van der Waals surface area contributed by atoms with Crippen LogP contribution >= 0.6 is 7.60 Å². The first-order valence-corrected chi connectivity index (χ1v) is 8.04. The van der Waals surface area contributed by atoms with E-state index in [4.69, 9.17) is 15.5 Å². The molecular weight excluding hydrogens is 313 g/mol. The van der Waals surface area contributed by atoms with Gasteiger partial charge in [-0.05, 0) is 6.42 Å². The molecule has 120 valence electrons. The van der Waals surface area contributed by atoms with Crippen molar-refractivity contribution in [3.63, 3.8) is 0 Å². The lowest BCUT2D eigenvalue weighted by atomic mass is 10.1. The third-order valence-electron chi connectivity index (χ3n) is 3.02. The maximum atomic E-state index is 11.6.